The Morgan fingerprint density at radius 1 is 0.923 bits per heavy atom. The van der Waals surface area contributed by atoms with Crippen molar-refractivity contribution < 1.29 is 19.1 Å². The quantitative estimate of drug-likeness (QED) is 0.553. The number of hydrogen-bond donors (Lipinski definition) is 0. The van der Waals surface area contributed by atoms with Gasteiger partial charge >= 0.3 is 11.9 Å². The minimum Gasteiger partial charge on any atom is -0.468 e. The van der Waals surface area contributed by atoms with Crippen molar-refractivity contribution in [1.82, 2.24) is 0 Å². The van der Waals surface area contributed by atoms with Gasteiger partial charge in [0.15, 0.2) is 5.41 Å². The molecule has 0 heterocycles. The van der Waals surface area contributed by atoms with Gasteiger partial charge in [0.1, 0.15) is 0 Å². The van der Waals surface area contributed by atoms with Crippen LogP contribution in [0.15, 0.2) is 66.7 Å². The van der Waals surface area contributed by atoms with Crippen LogP contribution in [0, 0.1) is 5.41 Å². The summed E-state index contributed by atoms with van der Waals surface area (Å²) in [5.41, 5.74) is 0.376. The van der Waals surface area contributed by atoms with E-state index in [9.17, 15) is 9.59 Å². The average molecular weight is 352 g/mol. The molecule has 0 N–H and O–H groups in total. The van der Waals surface area contributed by atoms with Crippen LogP contribution >= 0.6 is 0 Å². The Morgan fingerprint density at radius 2 is 1.42 bits per heavy atom. The number of carbonyl (C=O) groups is 2. The molecule has 0 aliphatic carbocycles. The first-order valence-corrected chi connectivity index (χ1v) is 8.55. The molecule has 26 heavy (non-hydrogen) atoms. The van der Waals surface area contributed by atoms with Gasteiger partial charge in [-0.3, -0.25) is 9.59 Å². The van der Waals surface area contributed by atoms with Crippen LogP contribution in [0.3, 0.4) is 0 Å². The molecule has 0 aliphatic rings. The first-order chi connectivity index (χ1) is 12.6. The molecular weight excluding hydrogens is 328 g/mol. The molecule has 0 aromatic heterocycles. The third-order valence-corrected chi connectivity index (χ3v) is 4.63. The Bertz CT molecular complexity index is 734. The molecule has 0 saturated carbocycles. The number of methoxy groups -OCH3 is 2. The van der Waals surface area contributed by atoms with Gasteiger partial charge in [-0.25, -0.2) is 0 Å². The van der Waals surface area contributed by atoms with Crippen molar-refractivity contribution in [1.29, 1.82) is 0 Å². The molecule has 0 fully saturated rings. The third-order valence-electron chi connectivity index (χ3n) is 4.63. The molecule has 0 spiro atoms. The zero-order valence-corrected chi connectivity index (χ0v) is 15.3. The maximum Gasteiger partial charge on any atom is 0.324 e. The highest BCUT2D eigenvalue weighted by Crippen LogP contribution is 2.43. The summed E-state index contributed by atoms with van der Waals surface area (Å²) in [6.45, 7) is 1.79. The summed E-state index contributed by atoms with van der Waals surface area (Å²) in [5.74, 6) is -1.72. The van der Waals surface area contributed by atoms with E-state index in [0.29, 0.717) is 0 Å². The summed E-state index contributed by atoms with van der Waals surface area (Å²) in [7, 11) is 2.58. The maximum absolute atomic E-state index is 12.7. The van der Waals surface area contributed by atoms with Crippen LogP contribution in [0.25, 0.3) is 6.08 Å². The number of carbonyl (C=O) groups excluding carboxylic acids is 2. The van der Waals surface area contributed by atoms with E-state index in [1.165, 1.54) is 14.2 Å². The Morgan fingerprint density at radius 3 is 1.88 bits per heavy atom. The molecule has 0 amide bonds. The number of hydrogen-bond acceptors (Lipinski definition) is 4. The highest BCUT2D eigenvalue weighted by Gasteiger charge is 2.52. The summed E-state index contributed by atoms with van der Waals surface area (Å²) in [6, 6.07) is 19.2. The second-order valence-electron chi connectivity index (χ2n) is 5.97. The molecule has 0 radical (unpaired) electrons. The largest absolute Gasteiger partial charge is 0.468 e. The van der Waals surface area contributed by atoms with Gasteiger partial charge in [0.05, 0.1) is 14.2 Å². The zero-order chi connectivity index (χ0) is 19.0. The molecule has 4 nitrogen and oxygen atoms in total. The van der Waals surface area contributed by atoms with Crippen molar-refractivity contribution in [3.63, 3.8) is 0 Å². The van der Waals surface area contributed by atoms with Crippen molar-refractivity contribution in [2.75, 3.05) is 14.2 Å². The van der Waals surface area contributed by atoms with Gasteiger partial charge in [0.2, 0.25) is 0 Å². The molecule has 2 aromatic carbocycles. The zero-order valence-electron chi connectivity index (χ0n) is 15.3. The molecule has 136 valence electrons. The van der Waals surface area contributed by atoms with Crippen molar-refractivity contribution in [3.8, 4) is 0 Å². The molecule has 0 saturated heterocycles. The van der Waals surface area contributed by atoms with E-state index >= 15 is 0 Å². The van der Waals surface area contributed by atoms with Crippen LogP contribution < -0.4 is 0 Å². The topological polar surface area (TPSA) is 52.6 Å². The van der Waals surface area contributed by atoms with Gasteiger partial charge in [-0.2, -0.15) is 0 Å². The van der Waals surface area contributed by atoms with Crippen LogP contribution in [0.4, 0.5) is 0 Å². The van der Waals surface area contributed by atoms with E-state index in [2.05, 4.69) is 0 Å². The lowest BCUT2D eigenvalue weighted by Crippen LogP contribution is -2.45. The van der Waals surface area contributed by atoms with Gasteiger partial charge < -0.3 is 9.47 Å². The van der Waals surface area contributed by atoms with Crippen molar-refractivity contribution in [2.24, 2.45) is 5.41 Å². The highest BCUT2D eigenvalue weighted by atomic mass is 16.5. The summed E-state index contributed by atoms with van der Waals surface area (Å²) in [6.07, 6.45) is 4.04. The smallest absolute Gasteiger partial charge is 0.324 e. The summed E-state index contributed by atoms with van der Waals surface area (Å²) in [4.78, 5) is 25.5. The molecule has 1 atom stereocenters. The maximum atomic E-state index is 12.7. The molecule has 2 rings (SSSR count). The molecular formula is C22H24O4. The molecule has 4 heteroatoms. The Kier molecular flexibility index (Phi) is 6.73. The summed E-state index contributed by atoms with van der Waals surface area (Å²) in [5, 5.41) is 0. The van der Waals surface area contributed by atoms with Gasteiger partial charge in [-0.05, 0) is 17.5 Å². The first-order valence-electron chi connectivity index (χ1n) is 8.55. The van der Waals surface area contributed by atoms with Gasteiger partial charge in [-0.1, -0.05) is 79.7 Å². The fourth-order valence-electron chi connectivity index (χ4n) is 3.20. The lowest BCUT2D eigenvalue weighted by molar-refractivity contribution is -0.170. The predicted octanol–water partition coefficient (Wildman–Crippen LogP) is 4.23. The highest BCUT2D eigenvalue weighted by molar-refractivity contribution is 6.01. The van der Waals surface area contributed by atoms with E-state index in [1.807, 2.05) is 72.8 Å². The monoisotopic (exact) mass is 352 g/mol. The molecule has 0 bridgehead atoms. The SMILES string of the molecule is CCC(C(=O)OC)(C(=O)OC)[C@H](/C=C/c1ccccc1)c1ccccc1. The Hall–Kier alpha value is -2.88. The summed E-state index contributed by atoms with van der Waals surface area (Å²) >= 11 is 0. The average Bonchev–Trinajstić information content (AvgIpc) is 2.71. The first kappa shape index (κ1) is 19.4. The van der Waals surface area contributed by atoms with E-state index in [0.717, 1.165) is 11.1 Å². The van der Waals surface area contributed by atoms with Crippen molar-refractivity contribution >= 4 is 18.0 Å². The minimum absolute atomic E-state index is 0.255. The van der Waals surface area contributed by atoms with Crippen LogP contribution in [-0.4, -0.2) is 26.2 Å². The van der Waals surface area contributed by atoms with Gasteiger partial charge in [-0.15, -0.1) is 0 Å². The number of ether oxygens (including phenoxy) is 2. The molecule has 2 aromatic rings. The lowest BCUT2D eigenvalue weighted by atomic mass is 9.69. The molecule has 0 aliphatic heterocycles. The summed E-state index contributed by atoms with van der Waals surface area (Å²) < 4.78 is 10.0. The van der Waals surface area contributed by atoms with Crippen LogP contribution in [-0.2, 0) is 19.1 Å². The third kappa shape index (κ3) is 3.85. The normalized spacial score (nSPS) is 12.6. The van der Waals surface area contributed by atoms with Gasteiger partial charge in [0, 0.05) is 5.92 Å². The fourth-order valence-corrected chi connectivity index (χ4v) is 3.20. The molecule has 0 unspecified atom stereocenters. The Balaban J connectivity index is 2.61. The van der Waals surface area contributed by atoms with E-state index in [-0.39, 0.29) is 6.42 Å². The second-order valence-corrected chi connectivity index (χ2v) is 5.97. The Labute approximate surface area is 154 Å². The number of benzene rings is 2. The van der Waals surface area contributed by atoms with E-state index in [1.54, 1.807) is 6.92 Å². The number of allylic oxidation sites excluding steroid dienone is 1. The van der Waals surface area contributed by atoms with Crippen LogP contribution in [0.2, 0.25) is 0 Å². The van der Waals surface area contributed by atoms with Crippen LogP contribution in [0.5, 0.6) is 0 Å². The number of esters is 2. The minimum atomic E-state index is -1.45. The standard InChI is InChI=1S/C22H24O4/c1-4-22(20(23)25-2,21(24)26-3)19(18-13-9-6-10-14-18)16-15-17-11-7-5-8-12-17/h5-16,19H,4H2,1-3H3/b16-15+/t19-/m1/s1. The van der Waals surface area contributed by atoms with E-state index < -0.39 is 23.3 Å². The lowest BCUT2D eigenvalue weighted by Gasteiger charge is -2.33. The number of rotatable bonds is 7. The van der Waals surface area contributed by atoms with E-state index in [4.69, 9.17) is 9.47 Å². The van der Waals surface area contributed by atoms with Crippen molar-refractivity contribution in [3.05, 3.63) is 77.9 Å². The van der Waals surface area contributed by atoms with Crippen molar-refractivity contribution in [2.45, 2.75) is 19.3 Å². The predicted molar refractivity (Wildman–Crippen MR) is 101 cm³/mol. The van der Waals surface area contributed by atoms with Crippen LogP contribution in [0.1, 0.15) is 30.4 Å². The fraction of sp³-hybridized carbons (Fsp3) is 0.273. The van der Waals surface area contributed by atoms with Gasteiger partial charge in [0.25, 0.3) is 0 Å². The second kappa shape index (κ2) is 8.99.